The van der Waals surface area contributed by atoms with E-state index in [1.165, 1.54) is 33.4 Å². The Morgan fingerprint density at radius 3 is 1.22 bits per heavy atom. The molecule has 0 radical (unpaired) electrons. The maximum atomic E-state index is 4.72. The van der Waals surface area contributed by atoms with Gasteiger partial charge < -0.3 is 5.32 Å². The fourth-order valence-electron chi connectivity index (χ4n) is 3.63. The third-order valence-corrected chi connectivity index (χ3v) is 4.65. The van der Waals surface area contributed by atoms with E-state index >= 15 is 0 Å². The van der Waals surface area contributed by atoms with Crippen LogP contribution in [0.4, 0.5) is 11.4 Å². The molecule has 0 heterocycles. The number of hydrogen-bond acceptors (Lipinski definition) is 3. The van der Waals surface area contributed by atoms with Crippen LogP contribution in [0.1, 0.15) is 47.2 Å². The van der Waals surface area contributed by atoms with Gasteiger partial charge in [0.05, 0.1) is 11.4 Å². The van der Waals surface area contributed by atoms with Gasteiger partial charge in [-0.1, -0.05) is 35.4 Å². The van der Waals surface area contributed by atoms with E-state index < -0.39 is 0 Å². The van der Waals surface area contributed by atoms with E-state index in [4.69, 9.17) is 9.98 Å². The van der Waals surface area contributed by atoms with Crippen LogP contribution in [0.25, 0.3) is 0 Å². The van der Waals surface area contributed by atoms with E-state index in [9.17, 15) is 0 Å². The van der Waals surface area contributed by atoms with Crippen LogP contribution in [0, 0.1) is 41.5 Å². The summed E-state index contributed by atoms with van der Waals surface area (Å²) in [4.78, 5) is 9.45. The predicted molar refractivity (Wildman–Crippen MR) is 120 cm³/mol. The largest absolute Gasteiger partial charge is 0.302 e. The number of hydrogen-bond donors (Lipinski definition) is 1. The molecule has 0 saturated heterocycles. The van der Waals surface area contributed by atoms with Crippen molar-refractivity contribution in [2.75, 3.05) is 0 Å². The Hall–Kier alpha value is -2.26. The molecule has 0 spiro atoms. The molecule has 1 N–H and O–H groups in total. The number of aryl methyl sites for hydroxylation is 6. The molecule has 2 rings (SSSR count). The molecule has 0 saturated carbocycles. The second kappa shape index (κ2) is 9.09. The van der Waals surface area contributed by atoms with Crippen LogP contribution in [0.2, 0.25) is 0 Å². The summed E-state index contributed by atoms with van der Waals surface area (Å²) in [6, 6.07) is 9.04. The highest BCUT2D eigenvalue weighted by Gasteiger charge is 2.06. The summed E-state index contributed by atoms with van der Waals surface area (Å²) in [5, 5.41) is 3.52. The summed E-state index contributed by atoms with van der Waals surface area (Å²) >= 11 is 0. The van der Waals surface area contributed by atoms with Gasteiger partial charge in [0.1, 0.15) is 0 Å². The molecule has 0 aliphatic heterocycles. The Kier molecular flexibility index (Phi) is 7.09. The van der Waals surface area contributed by atoms with Crippen molar-refractivity contribution in [2.24, 2.45) is 9.98 Å². The lowest BCUT2D eigenvalue weighted by atomic mass is 10.1. The Morgan fingerprint density at radius 1 is 0.630 bits per heavy atom. The lowest BCUT2D eigenvalue weighted by Crippen LogP contribution is -2.36. The first-order valence-electron chi connectivity index (χ1n) is 9.67. The minimum atomic E-state index is 0.159. The number of rotatable bonds is 6. The summed E-state index contributed by atoms with van der Waals surface area (Å²) in [5.74, 6) is 0. The van der Waals surface area contributed by atoms with Crippen molar-refractivity contribution in [1.29, 1.82) is 0 Å². The van der Waals surface area contributed by atoms with Gasteiger partial charge in [-0.3, -0.25) is 9.98 Å². The highest BCUT2D eigenvalue weighted by Crippen LogP contribution is 2.25. The van der Waals surface area contributed by atoms with E-state index in [2.05, 4.69) is 85.0 Å². The van der Waals surface area contributed by atoms with Crippen molar-refractivity contribution < 1.29 is 0 Å². The first-order valence-corrected chi connectivity index (χ1v) is 9.67. The van der Waals surface area contributed by atoms with Gasteiger partial charge in [0.25, 0.3) is 0 Å². The van der Waals surface area contributed by atoms with Crippen LogP contribution < -0.4 is 5.32 Å². The summed E-state index contributed by atoms with van der Waals surface area (Å²) in [6.07, 6.45) is 3.97. The number of benzene rings is 2. The summed E-state index contributed by atoms with van der Waals surface area (Å²) < 4.78 is 0. The SMILES string of the molecule is Cc1cc(C)c(N=CC(C)NC(C)C=Nc2c(C)cc(C)cc2C)c(C)c1. The highest BCUT2D eigenvalue weighted by atomic mass is 15.0. The van der Waals surface area contributed by atoms with Crippen LogP contribution in [0.3, 0.4) is 0 Å². The van der Waals surface area contributed by atoms with Crippen molar-refractivity contribution in [3.8, 4) is 0 Å². The second-order valence-electron chi connectivity index (χ2n) is 7.80. The van der Waals surface area contributed by atoms with E-state index in [0.717, 1.165) is 11.4 Å². The molecule has 2 unspecified atom stereocenters. The normalized spacial score (nSPS) is 14.2. The zero-order valence-corrected chi connectivity index (χ0v) is 18.0. The average Bonchev–Trinajstić information content (AvgIpc) is 2.52. The lowest BCUT2D eigenvalue weighted by Gasteiger charge is -2.14. The fourth-order valence-corrected chi connectivity index (χ4v) is 3.63. The first kappa shape index (κ1) is 21.0. The third-order valence-electron chi connectivity index (χ3n) is 4.65. The second-order valence-corrected chi connectivity index (χ2v) is 7.80. The van der Waals surface area contributed by atoms with Crippen molar-refractivity contribution in [1.82, 2.24) is 5.32 Å². The predicted octanol–water partition coefficient (Wildman–Crippen LogP) is 6.01. The van der Waals surface area contributed by atoms with Crippen LogP contribution in [-0.4, -0.2) is 24.5 Å². The molecule has 27 heavy (non-hydrogen) atoms. The molecule has 2 aromatic carbocycles. The minimum absolute atomic E-state index is 0.159. The smallest absolute Gasteiger partial charge is 0.0684 e. The Balaban J connectivity index is 2.03. The van der Waals surface area contributed by atoms with Crippen LogP contribution in [-0.2, 0) is 0 Å². The molecular weight excluding hydrogens is 330 g/mol. The number of aliphatic imine (C=N–C) groups is 2. The van der Waals surface area contributed by atoms with Gasteiger partial charge in [-0.25, -0.2) is 0 Å². The topological polar surface area (TPSA) is 36.8 Å². The monoisotopic (exact) mass is 363 g/mol. The van der Waals surface area contributed by atoms with Crippen LogP contribution >= 0.6 is 0 Å². The molecular formula is C24H33N3. The standard InChI is InChI=1S/C24H33N3/c1-15-9-17(3)23(18(4)10-15)25-13-21(7)27-22(8)14-26-24-19(5)11-16(2)12-20(24)6/h9-14,21-22,27H,1-8H3. The van der Waals surface area contributed by atoms with E-state index in [-0.39, 0.29) is 12.1 Å². The van der Waals surface area contributed by atoms with Gasteiger partial charge >= 0.3 is 0 Å². The molecule has 3 nitrogen and oxygen atoms in total. The minimum Gasteiger partial charge on any atom is -0.302 e. The van der Waals surface area contributed by atoms with Gasteiger partial charge in [0.15, 0.2) is 0 Å². The molecule has 0 fully saturated rings. The van der Waals surface area contributed by atoms with E-state index in [1.54, 1.807) is 0 Å². The van der Waals surface area contributed by atoms with Crippen molar-refractivity contribution in [2.45, 2.75) is 67.5 Å². The summed E-state index contributed by atoms with van der Waals surface area (Å²) in [7, 11) is 0. The molecule has 144 valence electrons. The molecule has 0 aromatic heterocycles. The van der Waals surface area contributed by atoms with E-state index in [1.807, 2.05) is 12.4 Å². The molecule has 0 amide bonds. The zero-order valence-electron chi connectivity index (χ0n) is 18.0. The Morgan fingerprint density at radius 2 is 0.926 bits per heavy atom. The molecule has 3 heteroatoms. The molecule has 2 aromatic rings. The maximum absolute atomic E-state index is 4.72. The maximum Gasteiger partial charge on any atom is 0.0684 e. The first-order chi connectivity index (χ1) is 12.7. The summed E-state index contributed by atoms with van der Waals surface area (Å²) in [6.45, 7) is 17.0. The molecule has 0 aliphatic carbocycles. The van der Waals surface area contributed by atoms with Gasteiger partial charge in [-0.05, 0) is 77.6 Å². The van der Waals surface area contributed by atoms with Crippen LogP contribution in [0.5, 0.6) is 0 Å². The lowest BCUT2D eigenvalue weighted by molar-refractivity contribution is 0.641. The zero-order chi connectivity index (χ0) is 20.1. The quantitative estimate of drug-likeness (QED) is 0.627. The summed E-state index contributed by atoms with van der Waals surface area (Å²) in [5.41, 5.74) is 9.57. The van der Waals surface area contributed by atoms with Crippen molar-refractivity contribution >= 4 is 23.8 Å². The Labute approximate surface area is 164 Å². The van der Waals surface area contributed by atoms with Crippen molar-refractivity contribution in [3.05, 3.63) is 57.6 Å². The average molecular weight is 364 g/mol. The number of nitrogens with zero attached hydrogens (tertiary/aromatic N) is 2. The molecule has 0 bridgehead atoms. The molecule has 0 aliphatic rings. The van der Waals surface area contributed by atoms with Gasteiger partial charge in [-0.2, -0.15) is 0 Å². The number of nitrogens with one attached hydrogen (secondary N) is 1. The highest BCUT2D eigenvalue weighted by molar-refractivity contribution is 5.74. The van der Waals surface area contributed by atoms with Crippen LogP contribution in [0.15, 0.2) is 34.3 Å². The Bertz CT molecular complexity index is 744. The van der Waals surface area contributed by atoms with Gasteiger partial charge in [-0.15, -0.1) is 0 Å². The molecule has 2 atom stereocenters. The van der Waals surface area contributed by atoms with Crippen molar-refractivity contribution in [3.63, 3.8) is 0 Å². The van der Waals surface area contributed by atoms with Gasteiger partial charge in [0.2, 0.25) is 0 Å². The fraction of sp³-hybridized carbons (Fsp3) is 0.417. The van der Waals surface area contributed by atoms with Gasteiger partial charge in [0, 0.05) is 24.5 Å². The third kappa shape index (κ3) is 5.86. The van der Waals surface area contributed by atoms with E-state index in [0.29, 0.717) is 0 Å².